The summed E-state index contributed by atoms with van der Waals surface area (Å²) in [5.41, 5.74) is 0.437. The van der Waals surface area contributed by atoms with Gasteiger partial charge in [-0.2, -0.15) is 0 Å². The molecule has 1 aromatic rings. The van der Waals surface area contributed by atoms with Gasteiger partial charge >= 0.3 is 0 Å². The fraction of sp³-hybridized carbons (Fsp3) is 0.600. The third-order valence-corrected chi connectivity index (χ3v) is 6.81. The maximum absolute atomic E-state index is 13.2. The number of carbonyl (C=O) groups is 2. The molecule has 0 radical (unpaired) electrons. The van der Waals surface area contributed by atoms with Crippen LogP contribution in [0.4, 0.5) is 0 Å². The molecular formula is C25H35IN2O6. The van der Waals surface area contributed by atoms with E-state index in [0.717, 1.165) is 16.4 Å². The molecule has 8 nitrogen and oxygen atoms in total. The Labute approximate surface area is 214 Å². The first-order chi connectivity index (χ1) is 16.3. The Bertz CT molecular complexity index is 873. The number of hydrogen-bond donors (Lipinski definition) is 3. The molecule has 0 bridgehead atoms. The van der Waals surface area contributed by atoms with Gasteiger partial charge in [-0.05, 0) is 73.9 Å². The largest absolute Gasteiger partial charge is 0.482 e. The van der Waals surface area contributed by atoms with Gasteiger partial charge in [-0.3, -0.25) is 9.59 Å². The first-order valence-electron chi connectivity index (χ1n) is 11.9. The van der Waals surface area contributed by atoms with Gasteiger partial charge < -0.3 is 29.9 Å². The summed E-state index contributed by atoms with van der Waals surface area (Å²) in [6, 6.07) is 6.86. The van der Waals surface area contributed by atoms with E-state index in [0.29, 0.717) is 30.9 Å². The monoisotopic (exact) mass is 586 g/mol. The number of hydrogen-bond acceptors (Lipinski definition) is 6. The number of benzene rings is 1. The quantitative estimate of drug-likeness (QED) is 0.256. The molecule has 1 fully saturated rings. The Morgan fingerprint density at radius 3 is 2.65 bits per heavy atom. The molecule has 2 aliphatic rings. The summed E-state index contributed by atoms with van der Waals surface area (Å²) in [6.07, 6.45) is 2.49. The average molecular weight is 586 g/mol. The molecule has 34 heavy (non-hydrogen) atoms. The molecule has 0 aliphatic heterocycles. The molecule has 3 rings (SSSR count). The number of rotatable bonds is 12. The van der Waals surface area contributed by atoms with Crippen LogP contribution in [0.1, 0.15) is 39.5 Å². The lowest BCUT2D eigenvalue weighted by molar-refractivity contribution is -0.140. The molecule has 3 unspecified atom stereocenters. The Hall–Kier alpha value is -1.69. The number of halogens is 1. The standard InChI is InChI=1S/C25H35IN2O6/c1-16(2)33-13-5-11-28(25(32)17-8-9-17)20-14-18(24(31)27-10-12-29)15-22(23(20)30)34-21-7-4-3-6-19(21)26/h3-4,6-7,15-17,20,22-23,29-30H,5,8-14H2,1-2H3,(H,27,31). The molecule has 9 heteroatoms. The normalized spacial score (nSPS) is 22.3. The summed E-state index contributed by atoms with van der Waals surface area (Å²) in [4.78, 5) is 27.7. The van der Waals surface area contributed by atoms with Crippen molar-refractivity contribution in [3.05, 3.63) is 39.5 Å². The van der Waals surface area contributed by atoms with Crippen LogP contribution in [-0.4, -0.2) is 77.6 Å². The van der Waals surface area contributed by atoms with E-state index in [1.807, 2.05) is 38.1 Å². The minimum absolute atomic E-state index is 0.0126. The molecule has 1 aromatic carbocycles. The summed E-state index contributed by atoms with van der Waals surface area (Å²) < 4.78 is 12.7. The van der Waals surface area contributed by atoms with Crippen LogP contribution >= 0.6 is 22.6 Å². The fourth-order valence-electron chi connectivity index (χ4n) is 4.02. The number of para-hydroxylation sites is 1. The molecule has 3 N–H and O–H groups in total. The van der Waals surface area contributed by atoms with E-state index in [9.17, 15) is 14.7 Å². The highest BCUT2D eigenvalue weighted by molar-refractivity contribution is 14.1. The Kier molecular flexibility index (Phi) is 10.2. The average Bonchev–Trinajstić information content (AvgIpc) is 3.65. The topological polar surface area (TPSA) is 108 Å². The molecule has 1 saturated carbocycles. The zero-order chi connectivity index (χ0) is 24.7. The molecule has 2 amide bonds. The van der Waals surface area contributed by atoms with E-state index in [1.165, 1.54) is 0 Å². The zero-order valence-electron chi connectivity index (χ0n) is 19.8. The van der Waals surface area contributed by atoms with Crippen LogP contribution in [0.5, 0.6) is 5.75 Å². The lowest BCUT2D eigenvalue weighted by Crippen LogP contribution is -2.55. The number of aliphatic hydroxyl groups excluding tert-OH is 2. The number of nitrogens with zero attached hydrogens (tertiary/aromatic N) is 1. The number of nitrogens with one attached hydrogen (secondary N) is 1. The van der Waals surface area contributed by atoms with E-state index in [-0.39, 0.29) is 43.4 Å². The van der Waals surface area contributed by atoms with Gasteiger partial charge in [-0.1, -0.05) is 12.1 Å². The second-order valence-electron chi connectivity index (χ2n) is 9.03. The van der Waals surface area contributed by atoms with Gasteiger partial charge in [0.25, 0.3) is 0 Å². The van der Waals surface area contributed by atoms with Crippen LogP contribution in [0.2, 0.25) is 0 Å². The molecule has 188 valence electrons. The van der Waals surface area contributed by atoms with E-state index in [1.54, 1.807) is 11.0 Å². The summed E-state index contributed by atoms with van der Waals surface area (Å²) >= 11 is 2.16. The lowest BCUT2D eigenvalue weighted by atomic mass is 9.87. The van der Waals surface area contributed by atoms with Crippen LogP contribution in [0.25, 0.3) is 0 Å². The van der Waals surface area contributed by atoms with Gasteiger partial charge in [0.1, 0.15) is 18.0 Å². The Morgan fingerprint density at radius 1 is 1.26 bits per heavy atom. The second-order valence-corrected chi connectivity index (χ2v) is 10.2. The van der Waals surface area contributed by atoms with Crippen molar-refractivity contribution in [1.29, 1.82) is 0 Å². The van der Waals surface area contributed by atoms with Crippen molar-refractivity contribution in [3.63, 3.8) is 0 Å². The van der Waals surface area contributed by atoms with Gasteiger partial charge in [-0.25, -0.2) is 0 Å². The summed E-state index contributed by atoms with van der Waals surface area (Å²) in [5.74, 6) is 0.262. The van der Waals surface area contributed by atoms with Crippen molar-refractivity contribution >= 4 is 34.4 Å². The SMILES string of the molecule is CC(C)OCCCN(C(=O)C1CC1)C1CC(C(=O)NCCO)=CC(Oc2ccccc2I)C1O. The highest BCUT2D eigenvalue weighted by atomic mass is 127. The minimum Gasteiger partial charge on any atom is -0.482 e. The molecule has 0 saturated heterocycles. The van der Waals surface area contributed by atoms with Crippen molar-refractivity contribution in [2.75, 3.05) is 26.3 Å². The Morgan fingerprint density at radius 2 is 2.00 bits per heavy atom. The number of carbonyl (C=O) groups excluding carboxylic acids is 2. The van der Waals surface area contributed by atoms with Gasteiger partial charge in [0, 0.05) is 37.6 Å². The molecule has 0 heterocycles. The molecular weight excluding hydrogens is 551 g/mol. The van der Waals surface area contributed by atoms with E-state index in [4.69, 9.17) is 14.6 Å². The summed E-state index contributed by atoms with van der Waals surface area (Å²) in [5, 5.41) is 23.1. The van der Waals surface area contributed by atoms with Gasteiger partial charge in [0.15, 0.2) is 0 Å². The van der Waals surface area contributed by atoms with Gasteiger partial charge in [0.2, 0.25) is 11.8 Å². The van der Waals surface area contributed by atoms with Crippen LogP contribution in [-0.2, 0) is 14.3 Å². The first-order valence-corrected chi connectivity index (χ1v) is 13.0. The summed E-state index contributed by atoms with van der Waals surface area (Å²) in [7, 11) is 0. The Balaban J connectivity index is 1.85. The van der Waals surface area contributed by atoms with Crippen molar-refractivity contribution in [2.24, 2.45) is 5.92 Å². The van der Waals surface area contributed by atoms with E-state index in [2.05, 4.69) is 27.9 Å². The summed E-state index contributed by atoms with van der Waals surface area (Å²) in [6.45, 7) is 4.83. The molecule has 3 atom stereocenters. The zero-order valence-corrected chi connectivity index (χ0v) is 21.9. The smallest absolute Gasteiger partial charge is 0.247 e. The maximum Gasteiger partial charge on any atom is 0.247 e. The third kappa shape index (κ3) is 7.40. The number of aliphatic hydroxyl groups is 2. The van der Waals surface area contributed by atoms with Crippen LogP contribution in [0, 0.1) is 9.49 Å². The fourth-order valence-corrected chi connectivity index (χ4v) is 4.54. The van der Waals surface area contributed by atoms with Crippen LogP contribution in [0.15, 0.2) is 35.9 Å². The van der Waals surface area contributed by atoms with Gasteiger partial charge in [0.05, 0.1) is 22.3 Å². The number of amides is 2. The molecule has 2 aliphatic carbocycles. The van der Waals surface area contributed by atoms with Crippen molar-refractivity contribution in [2.45, 2.75) is 63.9 Å². The highest BCUT2D eigenvalue weighted by Gasteiger charge is 2.43. The predicted molar refractivity (Wildman–Crippen MR) is 136 cm³/mol. The van der Waals surface area contributed by atoms with Crippen LogP contribution < -0.4 is 10.1 Å². The maximum atomic E-state index is 13.2. The van der Waals surface area contributed by atoms with Gasteiger partial charge in [-0.15, -0.1) is 0 Å². The molecule has 0 aromatic heterocycles. The van der Waals surface area contributed by atoms with Crippen molar-refractivity contribution in [3.8, 4) is 5.75 Å². The second kappa shape index (κ2) is 12.9. The van der Waals surface area contributed by atoms with E-state index < -0.39 is 18.2 Å². The highest BCUT2D eigenvalue weighted by Crippen LogP contribution is 2.35. The third-order valence-electron chi connectivity index (χ3n) is 5.92. The van der Waals surface area contributed by atoms with Crippen molar-refractivity contribution in [1.82, 2.24) is 10.2 Å². The first kappa shape index (κ1) is 26.9. The number of ether oxygens (including phenoxy) is 2. The van der Waals surface area contributed by atoms with Crippen LogP contribution in [0.3, 0.4) is 0 Å². The minimum atomic E-state index is -1.00. The predicted octanol–water partition coefficient (Wildman–Crippen LogP) is 2.26. The lowest BCUT2D eigenvalue weighted by Gasteiger charge is -2.40. The van der Waals surface area contributed by atoms with Crippen molar-refractivity contribution < 1.29 is 29.3 Å². The van der Waals surface area contributed by atoms with E-state index >= 15 is 0 Å². The molecule has 0 spiro atoms.